The highest BCUT2D eigenvalue weighted by molar-refractivity contribution is 5.29. The van der Waals surface area contributed by atoms with Crippen molar-refractivity contribution in [2.75, 3.05) is 0 Å². The van der Waals surface area contributed by atoms with Gasteiger partial charge in [0.05, 0.1) is 0 Å². The van der Waals surface area contributed by atoms with Crippen LogP contribution in [0, 0.1) is 0 Å². The predicted octanol–water partition coefficient (Wildman–Crippen LogP) is 3.97. The monoisotopic (exact) mass is 313 g/mol. The van der Waals surface area contributed by atoms with Crippen LogP contribution < -0.4 is 4.74 Å². The molecule has 1 aromatic rings. The Morgan fingerprint density at radius 3 is 1.80 bits per heavy atom. The summed E-state index contributed by atoms with van der Waals surface area (Å²) in [4.78, 5) is 2.68. The Morgan fingerprint density at radius 2 is 1.40 bits per heavy atom. The lowest BCUT2D eigenvalue weighted by molar-refractivity contribution is -0.300. The molecule has 0 aliphatic rings. The van der Waals surface area contributed by atoms with E-state index in [4.69, 9.17) is 0 Å². The molecule has 0 unspecified atom stereocenters. The molecule has 0 radical (unpaired) electrons. The first-order valence-corrected chi connectivity index (χ1v) is 4.66. The summed E-state index contributed by atoms with van der Waals surface area (Å²) in [6.45, 7) is 0. The fourth-order valence-corrected chi connectivity index (χ4v) is 1.14. The largest absolute Gasteiger partial charge is 0.469 e. The number of alkyl halides is 9. The first-order valence-electron chi connectivity index (χ1n) is 4.66. The van der Waals surface area contributed by atoms with Crippen LogP contribution >= 0.6 is 0 Å². The van der Waals surface area contributed by atoms with E-state index in [1.54, 1.807) is 0 Å². The molecule has 0 bridgehead atoms. The normalized spacial score (nSPS) is 13.7. The van der Waals surface area contributed by atoms with Gasteiger partial charge in [0.1, 0.15) is 0 Å². The standard InChI is InChI=1S/C9H4F9NO/c10-7(11,12)5-4(2-1-3-19-5)20-6(8(13,14)15)9(16,17)18/h1-3,6H. The number of ether oxygens (including phenoxy) is 1. The fourth-order valence-electron chi connectivity index (χ4n) is 1.14. The van der Waals surface area contributed by atoms with E-state index in [9.17, 15) is 39.5 Å². The Kier molecular flexibility index (Phi) is 4.11. The minimum atomic E-state index is -5.92. The van der Waals surface area contributed by atoms with Gasteiger partial charge in [0.25, 0.3) is 6.10 Å². The van der Waals surface area contributed by atoms with E-state index in [0.29, 0.717) is 18.3 Å². The third-order valence-corrected chi connectivity index (χ3v) is 1.88. The smallest absolute Gasteiger partial charge is 0.437 e. The molecule has 2 nitrogen and oxygen atoms in total. The molecule has 1 rings (SSSR count). The van der Waals surface area contributed by atoms with Gasteiger partial charge in [-0.3, -0.25) is 0 Å². The summed E-state index contributed by atoms with van der Waals surface area (Å²) in [5.74, 6) is -1.65. The van der Waals surface area contributed by atoms with E-state index in [1.165, 1.54) is 0 Å². The summed E-state index contributed by atoms with van der Waals surface area (Å²) < 4.78 is 114. The van der Waals surface area contributed by atoms with Crippen molar-refractivity contribution in [1.82, 2.24) is 4.98 Å². The first kappa shape index (κ1) is 16.4. The first-order chi connectivity index (χ1) is 8.83. The number of halogens is 9. The lowest BCUT2D eigenvalue weighted by Crippen LogP contribution is -2.46. The van der Waals surface area contributed by atoms with Crippen LogP contribution in [0.2, 0.25) is 0 Å². The van der Waals surface area contributed by atoms with Crippen molar-refractivity contribution < 1.29 is 44.3 Å². The summed E-state index contributed by atoms with van der Waals surface area (Å²) in [6, 6.07) is 1.04. The maximum Gasteiger partial charge on any atom is 0.437 e. The maximum atomic E-state index is 12.4. The number of nitrogens with zero attached hydrogens (tertiary/aromatic N) is 1. The molecular formula is C9H4F9NO. The Labute approximate surface area is 105 Å². The molecule has 0 saturated heterocycles. The van der Waals surface area contributed by atoms with Crippen LogP contribution in [0.3, 0.4) is 0 Å². The Morgan fingerprint density at radius 1 is 0.900 bits per heavy atom. The molecule has 1 aromatic heterocycles. The average molecular weight is 313 g/mol. The summed E-state index contributed by atoms with van der Waals surface area (Å²) >= 11 is 0. The van der Waals surface area contributed by atoms with Crippen LogP contribution in [0.1, 0.15) is 5.69 Å². The second kappa shape index (κ2) is 5.02. The quantitative estimate of drug-likeness (QED) is 0.771. The zero-order chi connectivity index (χ0) is 15.8. The van der Waals surface area contributed by atoms with E-state index in [0.717, 1.165) is 0 Å². The van der Waals surface area contributed by atoms with Crippen LogP contribution in [0.15, 0.2) is 18.3 Å². The molecule has 0 saturated carbocycles. The van der Waals surface area contributed by atoms with Crippen molar-refractivity contribution in [3.63, 3.8) is 0 Å². The fraction of sp³-hybridized carbons (Fsp3) is 0.444. The molecule has 0 aromatic carbocycles. The van der Waals surface area contributed by atoms with E-state index in [1.807, 2.05) is 0 Å². The van der Waals surface area contributed by atoms with Crippen molar-refractivity contribution in [3.05, 3.63) is 24.0 Å². The number of aromatic nitrogens is 1. The number of pyridine rings is 1. The second-order valence-electron chi connectivity index (χ2n) is 3.43. The molecule has 0 aliphatic carbocycles. The van der Waals surface area contributed by atoms with Crippen molar-refractivity contribution in [2.45, 2.75) is 24.6 Å². The Balaban J connectivity index is 3.20. The SMILES string of the molecule is FC(F)(F)c1ncccc1OC(C(F)(F)F)C(F)(F)F. The lowest BCUT2D eigenvalue weighted by atomic mass is 10.3. The number of hydrogen-bond donors (Lipinski definition) is 0. The van der Waals surface area contributed by atoms with Gasteiger partial charge in [0.2, 0.25) is 0 Å². The minimum absolute atomic E-state index is 0.320. The predicted molar refractivity (Wildman–Crippen MR) is 45.8 cm³/mol. The molecule has 0 spiro atoms. The molecule has 20 heavy (non-hydrogen) atoms. The van der Waals surface area contributed by atoms with Gasteiger partial charge in [-0.1, -0.05) is 0 Å². The van der Waals surface area contributed by atoms with Crippen LogP contribution in [-0.2, 0) is 6.18 Å². The molecule has 11 heteroatoms. The zero-order valence-electron chi connectivity index (χ0n) is 9.07. The third kappa shape index (κ3) is 3.90. The molecule has 0 N–H and O–H groups in total. The van der Waals surface area contributed by atoms with Gasteiger partial charge in [-0.25, -0.2) is 4.98 Å². The number of hydrogen-bond acceptors (Lipinski definition) is 2. The topological polar surface area (TPSA) is 22.1 Å². The zero-order valence-corrected chi connectivity index (χ0v) is 9.07. The van der Waals surface area contributed by atoms with Gasteiger partial charge in [0.15, 0.2) is 11.4 Å². The van der Waals surface area contributed by atoms with Crippen molar-refractivity contribution in [1.29, 1.82) is 0 Å². The van der Waals surface area contributed by atoms with Gasteiger partial charge >= 0.3 is 18.5 Å². The van der Waals surface area contributed by atoms with Gasteiger partial charge in [-0.05, 0) is 12.1 Å². The average Bonchev–Trinajstić information content (AvgIpc) is 2.22. The van der Waals surface area contributed by atoms with E-state index in [2.05, 4.69) is 9.72 Å². The molecular weight excluding hydrogens is 309 g/mol. The molecule has 0 aliphatic heterocycles. The third-order valence-electron chi connectivity index (χ3n) is 1.88. The van der Waals surface area contributed by atoms with Crippen molar-refractivity contribution in [3.8, 4) is 5.75 Å². The summed E-state index contributed by atoms with van der Waals surface area (Å²) in [6.07, 6.45) is -20.9. The summed E-state index contributed by atoms with van der Waals surface area (Å²) in [5.41, 5.74) is -1.97. The van der Waals surface area contributed by atoms with Crippen LogP contribution in [-0.4, -0.2) is 23.4 Å². The minimum Gasteiger partial charge on any atom is -0.469 e. The maximum absolute atomic E-state index is 12.4. The highest BCUT2D eigenvalue weighted by Crippen LogP contribution is 2.40. The second-order valence-corrected chi connectivity index (χ2v) is 3.43. The lowest BCUT2D eigenvalue weighted by Gasteiger charge is -2.24. The molecule has 1 heterocycles. The van der Waals surface area contributed by atoms with Crippen LogP contribution in [0.25, 0.3) is 0 Å². The van der Waals surface area contributed by atoms with Crippen LogP contribution in [0.5, 0.6) is 5.75 Å². The van der Waals surface area contributed by atoms with E-state index < -0.39 is 36.1 Å². The van der Waals surface area contributed by atoms with Gasteiger partial charge < -0.3 is 4.74 Å². The Hall–Kier alpha value is -1.68. The Bertz CT molecular complexity index is 448. The molecule has 0 amide bonds. The van der Waals surface area contributed by atoms with Crippen molar-refractivity contribution in [2.24, 2.45) is 0 Å². The highest BCUT2D eigenvalue weighted by atomic mass is 19.4. The van der Waals surface area contributed by atoms with Crippen LogP contribution in [0.4, 0.5) is 39.5 Å². The summed E-state index contributed by atoms with van der Waals surface area (Å²) in [5, 5.41) is 0. The molecule has 0 atom stereocenters. The summed E-state index contributed by atoms with van der Waals surface area (Å²) in [7, 11) is 0. The van der Waals surface area contributed by atoms with Crippen molar-refractivity contribution >= 4 is 0 Å². The molecule has 114 valence electrons. The van der Waals surface area contributed by atoms with Gasteiger partial charge in [-0.15, -0.1) is 0 Å². The van der Waals surface area contributed by atoms with Gasteiger partial charge in [0, 0.05) is 6.20 Å². The molecule has 0 fully saturated rings. The highest BCUT2D eigenvalue weighted by Gasteiger charge is 2.59. The van der Waals surface area contributed by atoms with E-state index in [-0.39, 0.29) is 0 Å². The van der Waals surface area contributed by atoms with Gasteiger partial charge in [-0.2, -0.15) is 39.5 Å². The number of rotatable bonds is 2. The van der Waals surface area contributed by atoms with E-state index >= 15 is 0 Å².